The van der Waals surface area contributed by atoms with E-state index < -0.39 is 0 Å². The van der Waals surface area contributed by atoms with Crippen LogP contribution in [-0.4, -0.2) is 11.4 Å². The van der Waals surface area contributed by atoms with Gasteiger partial charge in [0.15, 0.2) is 0 Å². The fraction of sp³-hybridized carbons (Fsp3) is 0.857. The Morgan fingerprint density at radius 2 is 2.11 bits per heavy atom. The Hall–Kier alpha value is -0.530. The van der Waals surface area contributed by atoms with Gasteiger partial charge < -0.3 is 5.73 Å². The molecule has 1 aliphatic carbocycles. The van der Waals surface area contributed by atoms with Crippen molar-refractivity contribution in [2.45, 2.75) is 38.6 Å². The molecule has 0 unspecified atom stereocenters. The minimum Gasteiger partial charge on any atom is -0.388 e. The standard InChI is InChI=1S/C7H14N2/c1-6(8)9-7(2)4-3-5-7/h3-5H2,1-2H3,(H2,8,9). The Bertz CT molecular complexity index is 130. The summed E-state index contributed by atoms with van der Waals surface area (Å²) >= 11 is 0. The summed E-state index contributed by atoms with van der Waals surface area (Å²) in [5.41, 5.74) is 5.65. The summed E-state index contributed by atoms with van der Waals surface area (Å²) in [5.74, 6) is 0.720. The molecule has 0 bridgehead atoms. The van der Waals surface area contributed by atoms with Crippen molar-refractivity contribution in [3.8, 4) is 0 Å². The lowest BCUT2D eigenvalue weighted by Crippen LogP contribution is -2.33. The molecule has 52 valence electrons. The van der Waals surface area contributed by atoms with Gasteiger partial charge in [-0.25, -0.2) is 0 Å². The highest BCUT2D eigenvalue weighted by atomic mass is 14.9. The lowest BCUT2D eigenvalue weighted by Gasteiger charge is -2.34. The molecule has 0 aromatic heterocycles. The zero-order valence-electron chi connectivity index (χ0n) is 6.15. The maximum Gasteiger partial charge on any atom is 0.0912 e. The number of nitrogens with two attached hydrogens (primary N) is 1. The Kier molecular flexibility index (Phi) is 1.47. The average molecular weight is 126 g/mol. The third kappa shape index (κ3) is 1.44. The molecule has 2 heteroatoms. The van der Waals surface area contributed by atoms with Crippen LogP contribution in [0.4, 0.5) is 0 Å². The minimum atomic E-state index is 0.207. The van der Waals surface area contributed by atoms with Crippen molar-refractivity contribution in [2.75, 3.05) is 0 Å². The van der Waals surface area contributed by atoms with Crippen molar-refractivity contribution >= 4 is 5.84 Å². The third-order valence-corrected chi connectivity index (χ3v) is 1.88. The lowest BCUT2D eigenvalue weighted by atomic mass is 9.79. The maximum atomic E-state index is 5.44. The van der Waals surface area contributed by atoms with E-state index in [1.165, 1.54) is 19.3 Å². The molecule has 0 aromatic carbocycles. The first kappa shape index (κ1) is 6.59. The summed E-state index contributed by atoms with van der Waals surface area (Å²) in [6.07, 6.45) is 3.73. The largest absolute Gasteiger partial charge is 0.388 e. The molecule has 1 aliphatic rings. The van der Waals surface area contributed by atoms with Gasteiger partial charge in [-0.2, -0.15) is 0 Å². The molecule has 2 N–H and O–H groups in total. The normalized spacial score (nSPS) is 25.3. The summed E-state index contributed by atoms with van der Waals surface area (Å²) in [7, 11) is 0. The van der Waals surface area contributed by atoms with E-state index in [0.29, 0.717) is 0 Å². The minimum absolute atomic E-state index is 0.207. The van der Waals surface area contributed by atoms with Gasteiger partial charge in [0.25, 0.3) is 0 Å². The molecular formula is C7H14N2. The number of hydrogen-bond acceptors (Lipinski definition) is 1. The van der Waals surface area contributed by atoms with Crippen LogP contribution in [0.25, 0.3) is 0 Å². The number of aliphatic imine (C=N–C) groups is 1. The second-order valence-electron chi connectivity index (χ2n) is 3.10. The van der Waals surface area contributed by atoms with Crippen molar-refractivity contribution < 1.29 is 0 Å². The highest BCUT2D eigenvalue weighted by molar-refractivity contribution is 5.77. The Morgan fingerprint density at radius 3 is 2.22 bits per heavy atom. The smallest absolute Gasteiger partial charge is 0.0912 e. The van der Waals surface area contributed by atoms with Gasteiger partial charge in [-0.05, 0) is 33.1 Å². The van der Waals surface area contributed by atoms with Crippen molar-refractivity contribution in [3.63, 3.8) is 0 Å². The maximum absolute atomic E-state index is 5.44. The van der Waals surface area contributed by atoms with E-state index in [-0.39, 0.29) is 5.54 Å². The van der Waals surface area contributed by atoms with E-state index in [1.807, 2.05) is 6.92 Å². The van der Waals surface area contributed by atoms with E-state index in [1.54, 1.807) is 0 Å². The molecule has 1 saturated carbocycles. The second-order valence-corrected chi connectivity index (χ2v) is 3.10. The molecule has 1 fully saturated rings. The molecule has 2 nitrogen and oxygen atoms in total. The van der Waals surface area contributed by atoms with E-state index in [9.17, 15) is 0 Å². The molecule has 0 saturated heterocycles. The zero-order chi connectivity index (χ0) is 6.91. The van der Waals surface area contributed by atoms with E-state index >= 15 is 0 Å². The van der Waals surface area contributed by atoms with Crippen LogP contribution >= 0.6 is 0 Å². The number of nitrogens with zero attached hydrogens (tertiary/aromatic N) is 1. The Balaban J connectivity index is 2.51. The van der Waals surface area contributed by atoms with Gasteiger partial charge >= 0.3 is 0 Å². The molecule has 0 amide bonds. The van der Waals surface area contributed by atoms with Gasteiger partial charge in [-0.1, -0.05) is 0 Å². The van der Waals surface area contributed by atoms with Crippen LogP contribution in [-0.2, 0) is 0 Å². The first-order chi connectivity index (χ1) is 4.12. The van der Waals surface area contributed by atoms with Gasteiger partial charge in [-0.3, -0.25) is 4.99 Å². The van der Waals surface area contributed by atoms with Crippen molar-refractivity contribution in [3.05, 3.63) is 0 Å². The number of rotatable bonds is 1. The van der Waals surface area contributed by atoms with Crippen molar-refractivity contribution in [1.82, 2.24) is 0 Å². The van der Waals surface area contributed by atoms with Gasteiger partial charge in [0.2, 0.25) is 0 Å². The zero-order valence-corrected chi connectivity index (χ0v) is 6.15. The number of amidine groups is 1. The van der Waals surface area contributed by atoms with Crippen LogP contribution in [0.3, 0.4) is 0 Å². The second kappa shape index (κ2) is 2.01. The molecule has 0 heterocycles. The van der Waals surface area contributed by atoms with Crippen LogP contribution in [0.5, 0.6) is 0 Å². The predicted molar refractivity (Wildman–Crippen MR) is 39.6 cm³/mol. The molecule has 1 rings (SSSR count). The van der Waals surface area contributed by atoms with Gasteiger partial charge in [0.05, 0.1) is 11.4 Å². The Morgan fingerprint density at radius 1 is 1.56 bits per heavy atom. The summed E-state index contributed by atoms with van der Waals surface area (Å²) < 4.78 is 0. The van der Waals surface area contributed by atoms with Crippen LogP contribution < -0.4 is 5.73 Å². The van der Waals surface area contributed by atoms with Crippen molar-refractivity contribution in [2.24, 2.45) is 10.7 Å². The summed E-state index contributed by atoms with van der Waals surface area (Å²) in [5, 5.41) is 0. The lowest BCUT2D eigenvalue weighted by molar-refractivity contribution is 0.279. The third-order valence-electron chi connectivity index (χ3n) is 1.88. The van der Waals surface area contributed by atoms with E-state index in [2.05, 4.69) is 11.9 Å². The summed E-state index contributed by atoms with van der Waals surface area (Å²) in [4.78, 5) is 4.31. The Labute approximate surface area is 56.2 Å². The molecule has 0 atom stereocenters. The predicted octanol–water partition coefficient (Wildman–Crippen LogP) is 1.31. The molecule has 0 spiro atoms. The first-order valence-corrected chi connectivity index (χ1v) is 3.44. The van der Waals surface area contributed by atoms with Crippen LogP contribution in [0, 0.1) is 0 Å². The van der Waals surface area contributed by atoms with Crippen LogP contribution in [0.1, 0.15) is 33.1 Å². The fourth-order valence-electron chi connectivity index (χ4n) is 1.23. The first-order valence-electron chi connectivity index (χ1n) is 3.44. The average Bonchev–Trinajstić information content (AvgIpc) is 1.60. The number of hydrogen-bond donors (Lipinski definition) is 1. The van der Waals surface area contributed by atoms with E-state index in [4.69, 9.17) is 5.73 Å². The van der Waals surface area contributed by atoms with E-state index in [0.717, 1.165) is 5.84 Å². The summed E-state index contributed by atoms with van der Waals surface area (Å²) in [6, 6.07) is 0. The van der Waals surface area contributed by atoms with Crippen LogP contribution in [0.15, 0.2) is 4.99 Å². The fourth-order valence-corrected chi connectivity index (χ4v) is 1.23. The van der Waals surface area contributed by atoms with Gasteiger partial charge in [0.1, 0.15) is 0 Å². The van der Waals surface area contributed by atoms with Gasteiger partial charge in [0, 0.05) is 0 Å². The SMILES string of the molecule is CC(N)=NC1(C)CCC1. The van der Waals surface area contributed by atoms with Crippen molar-refractivity contribution in [1.29, 1.82) is 0 Å². The highest BCUT2D eigenvalue weighted by Gasteiger charge is 2.30. The molecule has 0 aliphatic heterocycles. The van der Waals surface area contributed by atoms with Crippen LogP contribution in [0.2, 0.25) is 0 Å². The highest BCUT2D eigenvalue weighted by Crippen LogP contribution is 2.34. The summed E-state index contributed by atoms with van der Waals surface area (Å²) in [6.45, 7) is 4.01. The molecule has 0 aromatic rings. The van der Waals surface area contributed by atoms with Gasteiger partial charge in [-0.15, -0.1) is 0 Å². The molecule has 9 heavy (non-hydrogen) atoms. The topological polar surface area (TPSA) is 38.4 Å². The molecular weight excluding hydrogens is 112 g/mol. The quantitative estimate of drug-likeness (QED) is 0.417. The molecule has 0 radical (unpaired) electrons. The monoisotopic (exact) mass is 126 g/mol.